The summed E-state index contributed by atoms with van der Waals surface area (Å²) < 4.78 is 5.03. The van der Waals surface area contributed by atoms with Crippen molar-refractivity contribution in [3.8, 4) is 5.75 Å². The van der Waals surface area contributed by atoms with Gasteiger partial charge in [0.15, 0.2) is 5.78 Å². The van der Waals surface area contributed by atoms with Crippen LogP contribution in [-0.4, -0.2) is 24.0 Å². The smallest absolute Gasteiger partial charge is 0.352 e. The van der Waals surface area contributed by atoms with E-state index in [0.717, 1.165) is 6.08 Å². The van der Waals surface area contributed by atoms with Gasteiger partial charge in [0.2, 0.25) is 0 Å². The number of benzene rings is 2. The van der Waals surface area contributed by atoms with Gasteiger partial charge in [-0.2, -0.15) is 0 Å². The molecule has 0 spiro atoms. The van der Waals surface area contributed by atoms with Crippen molar-refractivity contribution in [3.63, 3.8) is 0 Å². The van der Waals surface area contributed by atoms with Crippen molar-refractivity contribution < 1.29 is 19.4 Å². The summed E-state index contributed by atoms with van der Waals surface area (Å²) in [6, 6.07) is 15.2. The Morgan fingerprint density at radius 1 is 1.05 bits per heavy atom. The number of carbonyl (C=O) groups excluding carboxylic acids is 1. The van der Waals surface area contributed by atoms with E-state index in [-0.39, 0.29) is 11.5 Å². The van der Waals surface area contributed by atoms with Crippen LogP contribution in [0.2, 0.25) is 0 Å². The molecule has 0 radical (unpaired) electrons. The average Bonchev–Trinajstić information content (AvgIpc) is 2.55. The molecule has 2 rings (SSSR count). The van der Waals surface area contributed by atoms with E-state index in [0.29, 0.717) is 17.0 Å². The van der Waals surface area contributed by atoms with E-state index in [2.05, 4.69) is 5.32 Å². The molecule has 0 saturated carbocycles. The van der Waals surface area contributed by atoms with E-state index in [1.807, 2.05) is 0 Å². The number of allylic oxidation sites excluding steroid dienone is 1. The molecular formula is C17H15NO4. The third kappa shape index (κ3) is 3.96. The molecule has 2 N–H and O–H groups in total. The molecule has 0 atom stereocenters. The highest BCUT2D eigenvalue weighted by molar-refractivity contribution is 6.09. The van der Waals surface area contributed by atoms with E-state index in [9.17, 15) is 14.7 Å². The second-order valence-electron chi connectivity index (χ2n) is 4.45. The van der Waals surface area contributed by atoms with Gasteiger partial charge in [-0.3, -0.25) is 4.79 Å². The summed E-state index contributed by atoms with van der Waals surface area (Å²) in [5.41, 5.74) is 0.784. The standard InChI is InChI=1S/C17H15NO4/c1-22-14-9-7-13(8-10-14)18-15(17(20)21)11-16(19)12-5-3-2-4-6-12/h2-11,18H,1H3,(H,20,21)/b15-11-. The zero-order valence-corrected chi connectivity index (χ0v) is 11.9. The van der Waals surface area contributed by atoms with E-state index in [1.54, 1.807) is 61.7 Å². The first kappa shape index (κ1) is 15.3. The number of rotatable bonds is 6. The number of anilines is 1. The van der Waals surface area contributed by atoms with Gasteiger partial charge in [0.25, 0.3) is 0 Å². The normalized spacial score (nSPS) is 10.9. The Kier molecular flexibility index (Phi) is 4.93. The topological polar surface area (TPSA) is 75.6 Å². The molecule has 22 heavy (non-hydrogen) atoms. The van der Waals surface area contributed by atoms with Crippen molar-refractivity contribution >= 4 is 17.4 Å². The summed E-state index contributed by atoms with van der Waals surface area (Å²) in [6.07, 6.45) is 1.07. The van der Waals surface area contributed by atoms with Crippen molar-refractivity contribution in [1.29, 1.82) is 0 Å². The number of hydrogen-bond donors (Lipinski definition) is 2. The number of nitrogens with one attached hydrogen (secondary N) is 1. The van der Waals surface area contributed by atoms with Crippen molar-refractivity contribution in [2.75, 3.05) is 12.4 Å². The molecule has 0 heterocycles. The Hall–Kier alpha value is -3.08. The molecule has 0 aliphatic heterocycles. The molecule has 0 aliphatic rings. The number of hydrogen-bond acceptors (Lipinski definition) is 4. The fraction of sp³-hybridized carbons (Fsp3) is 0.0588. The zero-order valence-electron chi connectivity index (χ0n) is 11.9. The minimum Gasteiger partial charge on any atom is -0.497 e. The van der Waals surface area contributed by atoms with Crippen molar-refractivity contribution in [2.24, 2.45) is 0 Å². The van der Waals surface area contributed by atoms with E-state index >= 15 is 0 Å². The van der Waals surface area contributed by atoms with Crippen LogP contribution in [-0.2, 0) is 4.79 Å². The lowest BCUT2D eigenvalue weighted by molar-refractivity contribution is -0.132. The molecule has 5 nitrogen and oxygen atoms in total. The number of carboxylic acid groups (broad SMARTS) is 1. The molecule has 5 heteroatoms. The summed E-state index contributed by atoms with van der Waals surface area (Å²) in [6.45, 7) is 0. The zero-order chi connectivity index (χ0) is 15.9. The van der Waals surface area contributed by atoms with Gasteiger partial charge < -0.3 is 15.2 Å². The molecule has 0 aliphatic carbocycles. The third-order valence-corrected chi connectivity index (χ3v) is 2.93. The fourth-order valence-electron chi connectivity index (χ4n) is 1.80. The van der Waals surface area contributed by atoms with Gasteiger partial charge in [0.1, 0.15) is 11.4 Å². The van der Waals surface area contributed by atoms with Crippen molar-refractivity contribution in [3.05, 3.63) is 71.9 Å². The van der Waals surface area contributed by atoms with Crippen molar-refractivity contribution in [1.82, 2.24) is 0 Å². The Bertz CT molecular complexity index is 690. The SMILES string of the molecule is COc1ccc(N/C(=C\C(=O)c2ccccc2)C(=O)O)cc1. The fourth-order valence-corrected chi connectivity index (χ4v) is 1.80. The number of aliphatic carboxylic acids is 1. The largest absolute Gasteiger partial charge is 0.497 e. The van der Waals surface area contributed by atoms with Gasteiger partial charge in [0, 0.05) is 17.3 Å². The van der Waals surface area contributed by atoms with Crippen LogP contribution in [0.5, 0.6) is 5.75 Å². The maximum Gasteiger partial charge on any atom is 0.352 e. The second kappa shape index (κ2) is 7.08. The summed E-state index contributed by atoms with van der Waals surface area (Å²) >= 11 is 0. The number of ketones is 1. The van der Waals surface area contributed by atoms with Crippen LogP contribution >= 0.6 is 0 Å². The van der Waals surface area contributed by atoms with Gasteiger partial charge in [0.05, 0.1) is 7.11 Å². The monoisotopic (exact) mass is 297 g/mol. The Balaban J connectivity index is 2.20. The highest BCUT2D eigenvalue weighted by Crippen LogP contribution is 2.17. The first-order valence-corrected chi connectivity index (χ1v) is 6.55. The lowest BCUT2D eigenvalue weighted by atomic mass is 10.1. The van der Waals surface area contributed by atoms with E-state index < -0.39 is 5.97 Å². The summed E-state index contributed by atoms with van der Waals surface area (Å²) in [7, 11) is 1.55. The molecule has 0 aromatic heterocycles. The first-order valence-electron chi connectivity index (χ1n) is 6.55. The van der Waals surface area contributed by atoms with E-state index in [1.165, 1.54) is 0 Å². The van der Waals surface area contributed by atoms with Gasteiger partial charge in [-0.05, 0) is 24.3 Å². The van der Waals surface area contributed by atoms with E-state index in [4.69, 9.17) is 4.74 Å². The predicted octanol–water partition coefficient (Wildman–Crippen LogP) is 2.96. The molecule has 0 fully saturated rings. The van der Waals surface area contributed by atoms with Crippen LogP contribution in [0.3, 0.4) is 0 Å². The number of ether oxygens (including phenoxy) is 1. The van der Waals surface area contributed by atoms with Gasteiger partial charge in [-0.1, -0.05) is 30.3 Å². The quantitative estimate of drug-likeness (QED) is 0.633. The van der Waals surface area contributed by atoms with Crippen LogP contribution in [0, 0.1) is 0 Å². The average molecular weight is 297 g/mol. The first-order chi connectivity index (χ1) is 10.6. The minimum atomic E-state index is -1.21. The number of carbonyl (C=O) groups is 2. The molecule has 112 valence electrons. The molecule has 0 saturated heterocycles. The summed E-state index contributed by atoms with van der Waals surface area (Å²) in [5.74, 6) is -0.925. The Morgan fingerprint density at radius 3 is 2.23 bits per heavy atom. The van der Waals surface area contributed by atoms with Crippen LogP contribution in [0.25, 0.3) is 0 Å². The molecule has 2 aromatic carbocycles. The van der Waals surface area contributed by atoms with Gasteiger partial charge in [-0.25, -0.2) is 4.79 Å². The third-order valence-electron chi connectivity index (χ3n) is 2.93. The van der Waals surface area contributed by atoms with Gasteiger partial charge >= 0.3 is 5.97 Å². The molecule has 0 bridgehead atoms. The van der Waals surface area contributed by atoms with Crippen LogP contribution < -0.4 is 10.1 Å². The maximum atomic E-state index is 12.1. The Labute approximate surface area is 127 Å². The highest BCUT2D eigenvalue weighted by atomic mass is 16.5. The maximum absolute atomic E-state index is 12.1. The summed E-state index contributed by atoms with van der Waals surface area (Å²) in [4.78, 5) is 23.3. The predicted molar refractivity (Wildman–Crippen MR) is 83.1 cm³/mol. The second-order valence-corrected chi connectivity index (χ2v) is 4.45. The molecule has 0 unspecified atom stereocenters. The lowest BCUT2D eigenvalue weighted by Crippen LogP contribution is -2.12. The molecule has 2 aromatic rings. The Morgan fingerprint density at radius 2 is 1.68 bits per heavy atom. The number of methoxy groups -OCH3 is 1. The van der Waals surface area contributed by atoms with Crippen LogP contribution in [0.4, 0.5) is 5.69 Å². The lowest BCUT2D eigenvalue weighted by Gasteiger charge is -2.08. The van der Waals surface area contributed by atoms with Crippen LogP contribution in [0.1, 0.15) is 10.4 Å². The van der Waals surface area contributed by atoms with Crippen LogP contribution in [0.15, 0.2) is 66.4 Å². The highest BCUT2D eigenvalue weighted by Gasteiger charge is 2.11. The molecular weight excluding hydrogens is 282 g/mol. The van der Waals surface area contributed by atoms with Crippen molar-refractivity contribution in [2.45, 2.75) is 0 Å². The van der Waals surface area contributed by atoms with Gasteiger partial charge in [-0.15, -0.1) is 0 Å². The summed E-state index contributed by atoms with van der Waals surface area (Å²) in [5, 5.41) is 11.9. The molecule has 0 amide bonds. The number of carboxylic acids is 1. The minimum absolute atomic E-state index is 0.195.